The average molecular weight is 192 g/mol. The summed E-state index contributed by atoms with van der Waals surface area (Å²) in [5.41, 5.74) is 0.141. The molecule has 0 aliphatic carbocycles. The molecule has 0 aromatic rings. The summed E-state index contributed by atoms with van der Waals surface area (Å²) in [5, 5.41) is 2.78. The van der Waals surface area contributed by atoms with Gasteiger partial charge in [-0.1, -0.05) is 27.7 Å². The van der Waals surface area contributed by atoms with Crippen LogP contribution in [0.2, 0.25) is 0 Å². The maximum atomic E-state index is 10.8. The molecule has 0 unspecified atom stereocenters. The Labute approximate surface area is 79.7 Å². The predicted octanol–water partition coefficient (Wildman–Crippen LogP) is 2.02. The van der Waals surface area contributed by atoms with Gasteiger partial charge in [-0.05, 0) is 11.3 Å². The zero-order chi connectivity index (χ0) is 9.78. The number of carbonyl (C=O) groups is 1. The van der Waals surface area contributed by atoms with Gasteiger partial charge in [-0.25, -0.2) is 0 Å². The van der Waals surface area contributed by atoms with Gasteiger partial charge in [0.1, 0.15) is 5.88 Å². The summed E-state index contributed by atoms with van der Waals surface area (Å²) in [6.45, 7) is 9.24. The third kappa shape index (κ3) is 3.96. The Hall–Kier alpha value is -0.240. The van der Waals surface area contributed by atoms with E-state index in [4.69, 9.17) is 11.6 Å². The van der Waals surface area contributed by atoms with Crippen LogP contribution in [0.15, 0.2) is 0 Å². The van der Waals surface area contributed by atoms with Gasteiger partial charge >= 0.3 is 0 Å². The van der Waals surface area contributed by atoms with Crippen LogP contribution < -0.4 is 5.32 Å². The van der Waals surface area contributed by atoms with Crippen molar-refractivity contribution in [3.05, 3.63) is 0 Å². The summed E-state index contributed by atoms with van der Waals surface area (Å²) < 4.78 is 0. The highest BCUT2D eigenvalue weighted by atomic mass is 35.5. The lowest BCUT2D eigenvalue weighted by atomic mass is 9.81. The zero-order valence-electron chi connectivity index (χ0n) is 8.28. The summed E-state index contributed by atoms with van der Waals surface area (Å²) in [6, 6.07) is 0. The first-order chi connectivity index (χ1) is 5.40. The van der Waals surface area contributed by atoms with E-state index in [9.17, 15) is 4.79 Å². The monoisotopic (exact) mass is 191 g/mol. The van der Waals surface area contributed by atoms with E-state index in [2.05, 4.69) is 33.0 Å². The van der Waals surface area contributed by atoms with Crippen LogP contribution in [-0.2, 0) is 4.79 Å². The summed E-state index contributed by atoms with van der Waals surface area (Å²) in [6.07, 6.45) is 0. The molecule has 72 valence electrons. The molecule has 12 heavy (non-hydrogen) atoms. The van der Waals surface area contributed by atoms with E-state index in [0.29, 0.717) is 12.5 Å². The van der Waals surface area contributed by atoms with Crippen molar-refractivity contribution in [3.8, 4) is 0 Å². The lowest BCUT2D eigenvalue weighted by Crippen LogP contribution is -2.37. The lowest BCUT2D eigenvalue weighted by Gasteiger charge is -2.29. The Bertz CT molecular complexity index is 155. The fourth-order valence-electron chi connectivity index (χ4n) is 0.578. The van der Waals surface area contributed by atoms with E-state index in [0.717, 1.165) is 0 Å². The minimum Gasteiger partial charge on any atom is -0.355 e. The van der Waals surface area contributed by atoms with E-state index in [-0.39, 0.29) is 17.2 Å². The van der Waals surface area contributed by atoms with Gasteiger partial charge in [-0.2, -0.15) is 0 Å². The fraction of sp³-hybridized carbons (Fsp3) is 0.889. The van der Waals surface area contributed by atoms with Crippen LogP contribution in [0.5, 0.6) is 0 Å². The quantitative estimate of drug-likeness (QED) is 0.677. The second kappa shape index (κ2) is 4.70. The number of hydrogen-bond acceptors (Lipinski definition) is 1. The molecule has 1 amide bonds. The zero-order valence-corrected chi connectivity index (χ0v) is 9.03. The highest BCUT2D eigenvalue weighted by Gasteiger charge is 2.22. The molecule has 0 rings (SSSR count). The smallest absolute Gasteiger partial charge is 0.234 e. The summed E-state index contributed by atoms with van der Waals surface area (Å²) in [5.74, 6) is 0.507. The van der Waals surface area contributed by atoms with Crippen LogP contribution >= 0.6 is 11.6 Å². The van der Waals surface area contributed by atoms with Crippen molar-refractivity contribution < 1.29 is 4.79 Å². The Morgan fingerprint density at radius 3 is 2.33 bits per heavy atom. The van der Waals surface area contributed by atoms with Gasteiger partial charge in [0.05, 0.1) is 0 Å². The summed E-state index contributed by atoms with van der Waals surface area (Å²) in [7, 11) is 0. The van der Waals surface area contributed by atoms with Gasteiger partial charge in [-0.15, -0.1) is 11.6 Å². The molecule has 0 aromatic carbocycles. The molecular formula is C9H18ClNO. The topological polar surface area (TPSA) is 29.1 Å². The molecule has 0 atom stereocenters. The van der Waals surface area contributed by atoms with Gasteiger partial charge in [0, 0.05) is 6.54 Å². The average Bonchev–Trinajstić information content (AvgIpc) is 2.00. The van der Waals surface area contributed by atoms with Gasteiger partial charge in [0.15, 0.2) is 0 Å². The first-order valence-electron chi connectivity index (χ1n) is 4.23. The number of rotatable bonds is 4. The van der Waals surface area contributed by atoms with Gasteiger partial charge in [0.25, 0.3) is 0 Å². The molecule has 0 spiro atoms. The van der Waals surface area contributed by atoms with Crippen LogP contribution in [0, 0.1) is 11.3 Å². The lowest BCUT2D eigenvalue weighted by molar-refractivity contribution is -0.119. The molecule has 0 bridgehead atoms. The number of carbonyl (C=O) groups excluding carboxylic acids is 1. The maximum Gasteiger partial charge on any atom is 0.234 e. The Kier molecular flexibility index (Phi) is 4.61. The van der Waals surface area contributed by atoms with E-state index >= 15 is 0 Å². The molecule has 0 aromatic heterocycles. The van der Waals surface area contributed by atoms with E-state index in [1.54, 1.807) is 0 Å². The SMILES string of the molecule is CC(C)C(C)(C)CNC(=O)CCl. The Morgan fingerprint density at radius 2 is 2.00 bits per heavy atom. The molecular weight excluding hydrogens is 174 g/mol. The van der Waals surface area contributed by atoms with Crippen molar-refractivity contribution in [1.29, 1.82) is 0 Å². The van der Waals surface area contributed by atoms with E-state index in [1.807, 2.05) is 0 Å². The van der Waals surface area contributed by atoms with Crippen molar-refractivity contribution in [2.24, 2.45) is 11.3 Å². The standard InChI is InChI=1S/C9H18ClNO/c1-7(2)9(3,4)6-11-8(12)5-10/h7H,5-6H2,1-4H3,(H,11,12). The molecule has 0 aliphatic heterocycles. The van der Waals surface area contributed by atoms with Gasteiger partial charge in [-0.3, -0.25) is 4.79 Å². The number of amides is 1. The highest BCUT2D eigenvalue weighted by Crippen LogP contribution is 2.24. The number of hydrogen-bond donors (Lipinski definition) is 1. The van der Waals surface area contributed by atoms with Crippen molar-refractivity contribution in [2.75, 3.05) is 12.4 Å². The van der Waals surface area contributed by atoms with Gasteiger partial charge < -0.3 is 5.32 Å². The molecule has 3 heteroatoms. The second-order valence-corrected chi connectivity index (χ2v) is 4.32. The minimum absolute atomic E-state index is 0.0498. The van der Waals surface area contributed by atoms with Crippen molar-refractivity contribution in [1.82, 2.24) is 5.32 Å². The number of alkyl halides is 1. The third-order valence-corrected chi connectivity index (χ3v) is 2.67. The molecule has 0 heterocycles. The molecule has 2 nitrogen and oxygen atoms in total. The largest absolute Gasteiger partial charge is 0.355 e. The van der Waals surface area contributed by atoms with Crippen LogP contribution in [0.4, 0.5) is 0 Å². The molecule has 0 saturated heterocycles. The van der Waals surface area contributed by atoms with Crippen LogP contribution in [0.25, 0.3) is 0 Å². The highest BCUT2D eigenvalue weighted by molar-refractivity contribution is 6.27. The number of nitrogens with one attached hydrogen (secondary N) is 1. The molecule has 1 N–H and O–H groups in total. The van der Waals surface area contributed by atoms with E-state index in [1.165, 1.54) is 0 Å². The van der Waals surface area contributed by atoms with E-state index < -0.39 is 0 Å². The van der Waals surface area contributed by atoms with Crippen LogP contribution in [0.1, 0.15) is 27.7 Å². The molecule has 0 aliphatic rings. The minimum atomic E-state index is -0.0922. The maximum absolute atomic E-state index is 10.8. The number of halogens is 1. The summed E-state index contributed by atoms with van der Waals surface area (Å²) in [4.78, 5) is 10.8. The van der Waals surface area contributed by atoms with Gasteiger partial charge in [0.2, 0.25) is 5.91 Å². The Morgan fingerprint density at radius 1 is 1.50 bits per heavy atom. The summed E-state index contributed by atoms with van der Waals surface area (Å²) >= 11 is 5.35. The second-order valence-electron chi connectivity index (χ2n) is 4.05. The molecule has 0 radical (unpaired) electrons. The van der Waals surface area contributed by atoms with Crippen LogP contribution in [0.3, 0.4) is 0 Å². The van der Waals surface area contributed by atoms with Crippen molar-refractivity contribution in [2.45, 2.75) is 27.7 Å². The normalized spacial score (nSPS) is 11.8. The van der Waals surface area contributed by atoms with Crippen molar-refractivity contribution >= 4 is 17.5 Å². The van der Waals surface area contributed by atoms with Crippen LogP contribution in [-0.4, -0.2) is 18.3 Å². The first-order valence-corrected chi connectivity index (χ1v) is 4.76. The first kappa shape index (κ1) is 11.8. The third-order valence-electron chi connectivity index (χ3n) is 2.43. The fourth-order valence-corrected chi connectivity index (χ4v) is 0.672. The predicted molar refractivity (Wildman–Crippen MR) is 52.3 cm³/mol. The Balaban J connectivity index is 3.83. The molecule has 0 saturated carbocycles. The van der Waals surface area contributed by atoms with Crippen molar-refractivity contribution in [3.63, 3.8) is 0 Å². The molecule has 0 fully saturated rings.